The van der Waals surface area contributed by atoms with Crippen molar-refractivity contribution in [3.8, 4) is 0 Å². The van der Waals surface area contributed by atoms with Crippen LogP contribution in [0.15, 0.2) is 11.4 Å². The van der Waals surface area contributed by atoms with Gasteiger partial charge >= 0.3 is 0 Å². The molecule has 9 nitrogen and oxygen atoms in total. The highest BCUT2D eigenvalue weighted by Crippen LogP contribution is 2.42. The fraction of sp³-hybridized carbons (Fsp3) is 0.600. The van der Waals surface area contributed by atoms with Crippen LogP contribution < -0.4 is 10.6 Å². The Morgan fingerprint density at radius 2 is 2.16 bits per heavy atom. The highest BCUT2D eigenvalue weighted by atomic mass is 32.2. The predicted octanol–water partition coefficient (Wildman–Crippen LogP) is -0.00780. The molecule has 1 unspecified atom stereocenters. The first kappa shape index (κ1) is 16.9. The highest BCUT2D eigenvalue weighted by Gasteiger charge is 2.53. The molecule has 2 aromatic rings. The van der Waals surface area contributed by atoms with Gasteiger partial charge in [0.15, 0.2) is 17.0 Å². The summed E-state index contributed by atoms with van der Waals surface area (Å²) in [6.07, 6.45) is 0.760. The van der Waals surface area contributed by atoms with Gasteiger partial charge in [0, 0.05) is 19.3 Å². The summed E-state index contributed by atoms with van der Waals surface area (Å²) in [4.78, 5) is 9.11. The fourth-order valence-corrected chi connectivity index (χ4v) is 3.79. The molecular weight excluding hydrogens is 346 g/mol. The number of aromatic nitrogens is 3. The van der Waals surface area contributed by atoms with Gasteiger partial charge in [0.1, 0.15) is 23.6 Å². The first-order valence-corrected chi connectivity index (χ1v) is 9.31. The zero-order valence-electron chi connectivity index (χ0n) is 13.9. The van der Waals surface area contributed by atoms with Crippen LogP contribution in [0.4, 0.5) is 11.5 Å². The Kier molecular flexibility index (Phi) is 4.04. The molecule has 1 saturated heterocycles. The number of thioether (sulfide) groups is 1. The maximum absolute atomic E-state index is 10.8. The minimum absolute atomic E-state index is 0.379. The second-order valence-corrected chi connectivity index (χ2v) is 7.21. The molecule has 0 bridgehead atoms. The number of aliphatic hydroxyl groups excluding tert-OH is 2. The number of hydrogen-bond donors (Lipinski definition) is 5. The SMILES string of the molecule is CSc1nc2c3c(cn(C4O[C@H](CO)[C@@H](O)[C@]4(C)O)c3n1)NCCN2. The number of nitrogens with zero attached hydrogens (tertiary/aromatic N) is 3. The first-order valence-electron chi connectivity index (χ1n) is 8.08. The normalized spacial score (nSPS) is 31.6. The molecule has 0 saturated carbocycles. The molecule has 4 rings (SSSR count). The average Bonchev–Trinajstić information content (AvgIpc) is 2.96. The van der Waals surface area contributed by atoms with Crippen molar-refractivity contribution >= 4 is 34.3 Å². The standard InChI is InChI=1S/C15H21N5O4S/c1-15(23)10(22)8(6-21)24-13(15)20-5-7-9-11(17-4-3-16-7)18-14(25-2)19-12(9)20/h5,8,10,13,16,21-23H,3-4,6H2,1-2H3,(H,17,18,19)/t8-,10-,13?,15+/m1/s1. The van der Waals surface area contributed by atoms with Gasteiger partial charge in [-0.2, -0.15) is 0 Å². The summed E-state index contributed by atoms with van der Waals surface area (Å²) in [6, 6.07) is 0. The van der Waals surface area contributed by atoms with Gasteiger partial charge in [0.25, 0.3) is 0 Å². The summed E-state index contributed by atoms with van der Waals surface area (Å²) in [5, 5.41) is 38.5. The Bertz CT molecular complexity index is 811. The quantitative estimate of drug-likeness (QED) is 0.376. The lowest BCUT2D eigenvalue weighted by Crippen LogP contribution is -2.44. The number of ether oxygens (including phenoxy) is 1. The van der Waals surface area contributed by atoms with Crippen molar-refractivity contribution in [3.05, 3.63) is 6.20 Å². The van der Waals surface area contributed by atoms with Crippen LogP contribution in [-0.2, 0) is 4.74 Å². The predicted molar refractivity (Wildman–Crippen MR) is 93.9 cm³/mol. The van der Waals surface area contributed by atoms with E-state index in [0.29, 0.717) is 17.3 Å². The monoisotopic (exact) mass is 367 g/mol. The van der Waals surface area contributed by atoms with E-state index in [9.17, 15) is 15.3 Å². The molecule has 10 heteroatoms. The van der Waals surface area contributed by atoms with Crippen LogP contribution in [0, 0.1) is 0 Å². The summed E-state index contributed by atoms with van der Waals surface area (Å²) < 4.78 is 7.46. The van der Waals surface area contributed by atoms with E-state index < -0.39 is 24.0 Å². The van der Waals surface area contributed by atoms with Gasteiger partial charge in [-0.15, -0.1) is 0 Å². The van der Waals surface area contributed by atoms with Crippen LogP contribution >= 0.6 is 11.8 Å². The lowest BCUT2D eigenvalue weighted by atomic mass is 9.96. The number of rotatable bonds is 3. The van der Waals surface area contributed by atoms with Gasteiger partial charge in [0.05, 0.1) is 17.7 Å². The fourth-order valence-electron chi connectivity index (χ4n) is 3.43. The zero-order valence-corrected chi connectivity index (χ0v) is 14.7. The molecule has 1 fully saturated rings. The lowest BCUT2D eigenvalue weighted by molar-refractivity contribution is -0.0948. The molecule has 5 N–H and O–H groups in total. The van der Waals surface area contributed by atoms with Crippen molar-refractivity contribution in [1.29, 1.82) is 0 Å². The minimum Gasteiger partial charge on any atom is -0.394 e. The van der Waals surface area contributed by atoms with E-state index in [-0.39, 0.29) is 6.61 Å². The van der Waals surface area contributed by atoms with E-state index in [2.05, 4.69) is 20.6 Å². The summed E-state index contributed by atoms with van der Waals surface area (Å²) >= 11 is 1.42. The number of nitrogens with one attached hydrogen (secondary N) is 2. The molecule has 25 heavy (non-hydrogen) atoms. The Morgan fingerprint density at radius 1 is 1.40 bits per heavy atom. The molecule has 2 aromatic heterocycles. The van der Waals surface area contributed by atoms with Gasteiger partial charge in [-0.25, -0.2) is 9.97 Å². The average molecular weight is 367 g/mol. The van der Waals surface area contributed by atoms with E-state index >= 15 is 0 Å². The Morgan fingerprint density at radius 3 is 2.84 bits per heavy atom. The van der Waals surface area contributed by atoms with Gasteiger partial charge in [-0.05, 0) is 13.2 Å². The second kappa shape index (κ2) is 5.99. The molecular formula is C15H21N5O4S. The smallest absolute Gasteiger partial charge is 0.191 e. The van der Waals surface area contributed by atoms with E-state index in [1.807, 2.05) is 12.5 Å². The number of hydrogen-bond acceptors (Lipinski definition) is 9. The summed E-state index contributed by atoms with van der Waals surface area (Å²) in [7, 11) is 0. The third-order valence-corrected chi connectivity index (χ3v) is 5.30. The largest absolute Gasteiger partial charge is 0.394 e. The van der Waals surface area contributed by atoms with E-state index in [1.54, 1.807) is 4.57 Å². The van der Waals surface area contributed by atoms with Gasteiger partial charge in [0.2, 0.25) is 0 Å². The number of anilines is 2. The molecule has 4 heterocycles. The van der Waals surface area contributed by atoms with Crippen LogP contribution in [0.1, 0.15) is 13.2 Å². The van der Waals surface area contributed by atoms with E-state index in [0.717, 1.165) is 23.4 Å². The van der Waals surface area contributed by atoms with Crippen LogP contribution in [0.25, 0.3) is 11.0 Å². The second-order valence-electron chi connectivity index (χ2n) is 6.44. The summed E-state index contributed by atoms with van der Waals surface area (Å²) in [6.45, 7) is 2.57. The van der Waals surface area contributed by atoms with Crippen LogP contribution in [0.5, 0.6) is 0 Å². The third kappa shape index (κ3) is 2.48. The van der Waals surface area contributed by atoms with Crippen molar-refractivity contribution in [1.82, 2.24) is 14.5 Å². The molecule has 0 aromatic carbocycles. The molecule has 0 spiro atoms. The maximum atomic E-state index is 10.8. The highest BCUT2D eigenvalue weighted by molar-refractivity contribution is 7.98. The molecule has 136 valence electrons. The molecule has 2 aliphatic rings. The van der Waals surface area contributed by atoms with E-state index in [4.69, 9.17) is 4.74 Å². The summed E-state index contributed by atoms with van der Waals surface area (Å²) in [5.41, 5.74) is -0.134. The maximum Gasteiger partial charge on any atom is 0.191 e. The Hall–Kier alpha value is -1.59. The van der Waals surface area contributed by atoms with Crippen molar-refractivity contribution < 1.29 is 20.1 Å². The topological polar surface area (TPSA) is 125 Å². The van der Waals surface area contributed by atoms with E-state index in [1.165, 1.54) is 18.7 Å². The molecule has 2 aliphatic heterocycles. The molecule has 4 atom stereocenters. The van der Waals surface area contributed by atoms with Gasteiger partial charge in [-0.1, -0.05) is 11.8 Å². The molecule has 0 amide bonds. The van der Waals surface area contributed by atoms with Gasteiger partial charge in [-0.3, -0.25) is 0 Å². The van der Waals surface area contributed by atoms with Crippen LogP contribution in [-0.4, -0.2) is 73.6 Å². The first-order chi connectivity index (χ1) is 12.0. The lowest BCUT2D eigenvalue weighted by Gasteiger charge is -2.27. The zero-order chi connectivity index (χ0) is 17.8. The minimum atomic E-state index is -1.57. The number of aliphatic hydroxyl groups is 3. The van der Waals surface area contributed by atoms with Crippen LogP contribution in [0.3, 0.4) is 0 Å². The Balaban J connectivity index is 1.91. The Labute approximate surface area is 148 Å². The molecule has 0 aliphatic carbocycles. The van der Waals surface area contributed by atoms with Crippen LogP contribution in [0.2, 0.25) is 0 Å². The van der Waals surface area contributed by atoms with Crippen molar-refractivity contribution in [3.63, 3.8) is 0 Å². The molecule has 0 radical (unpaired) electrons. The van der Waals surface area contributed by atoms with Crippen molar-refractivity contribution in [2.45, 2.75) is 36.1 Å². The third-order valence-electron chi connectivity index (χ3n) is 4.75. The summed E-state index contributed by atoms with van der Waals surface area (Å²) in [5.74, 6) is 0.727. The van der Waals surface area contributed by atoms with Crippen molar-refractivity contribution in [2.75, 3.05) is 36.6 Å². The van der Waals surface area contributed by atoms with Gasteiger partial charge < -0.3 is 35.3 Å². The van der Waals surface area contributed by atoms with Crippen molar-refractivity contribution in [2.24, 2.45) is 0 Å².